The van der Waals surface area contributed by atoms with Gasteiger partial charge >= 0.3 is 0 Å². The van der Waals surface area contributed by atoms with Gasteiger partial charge in [-0.1, -0.05) is 30.7 Å². The van der Waals surface area contributed by atoms with Crippen LogP contribution in [-0.2, 0) is 0 Å². The van der Waals surface area contributed by atoms with Crippen LogP contribution in [0, 0.1) is 6.92 Å². The molecule has 1 N–H and O–H groups in total. The summed E-state index contributed by atoms with van der Waals surface area (Å²) in [5.74, 6) is 2.52. The standard InChI is InChI=1S/C14H20ClNS2/c1-9-4-5-11(8-12(9)15)13(16-3)14-10(2)17-6-7-18-14/h4-5,8,10,13-14,16H,6-7H2,1-3H3. The number of nitrogens with one attached hydrogen (secondary N) is 1. The van der Waals surface area contributed by atoms with E-state index >= 15 is 0 Å². The third-order valence-electron chi connectivity index (χ3n) is 3.43. The van der Waals surface area contributed by atoms with Crippen LogP contribution in [0.5, 0.6) is 0 Å². The van der Waals surface area contributed by atoms with E-state index in [9.17, 15) is 0 Å². The molecule has 1 aliphatic heterocycles. The van der Waals surface area contributed by atoms with E-state index in [0.717, 1.165) is 10.6 Å². The van der Waals surface area contributed by atoms with E-state index in [1.165, 1.54) is 17.1 Å². The monoisotopic (exact) mass is 301 g/mol. The Morgan fingerprint density at radius 1 is 1.33 bits per heavy atom. The second-order valence-corrected chi connectivity index (χ2v) is 7.86. The Hall–Kier alpha value is 0.170. The number of hydrogen-bond acceptors (Lipinski definition) is 3. The Balaban J connectivity index is 2.23. The van der Waals surface area contributed by atoms with Crippen molar-refractivity contribution >= 4 is 35.1 Å². The van der Waals surface area contributed by atoms with Crippen molar-refractivity contribution in [2.75, 3.05) is 18.6 Å². The van der Waals surface area contributed by atoms with Gasteiger partial charge in [-0.05, 0) is 31.2 Å². The third kappa shape index (κ3) is 3.19. The van der Waals surface area contributed by atoms with Gasteiger partial charge in [-0.2, -0.15) is 23.5 Å². The van der Waals surface area contributed by atoms with Gasteiger partial charge < -0.3 is 5.32 Å². The van der Waals surface area contributed by atoms with Crippen molar-refractivity contribution in [3.63, 3.8) is 0 Å². The molecule has 0 radical (unpaired) electrons. The third-order valence-corrected chi connectivity index (χ3v) is 7.03. The molecule has 0 amide bonds. The van der Waals surface area contributed by atoms with Crippen molar-refractivity contribution in [1.82, 2.24) is 5.32 Å². The molecular formula is C14H20ClNS2. The Labute approximate surface area is 123 Å². The Kier molecular flexibility index (Phi) is 5.31. The molecular weight excluding hydrogens is 282 g/mol. The van der Waals surface area contributed by atoms with Crippen molar-refractivity contribution in [3.05, 3.63) is 34.3 Å². The molecule has 0 bridgehead atoms. The fourth-order valence-corrected chi connectivity index (χ4v) is 5.52. The average Bonchev–Trinajstić information content (AvgIpc) is 2.37. The number of hydrogen-bond donors (Lipinski definition) is 1. The fourth-order valence-electron chi connectivity index (χ4n) is 2.34. The molecule has 1 aromatic carbocycles. The molecule has 100 valence electrons. The molecule has 3 unspecified atom stereocenters. The van der Waals surface area contributed by atoms with Gasteiger partial charge in [0.1, 0.15) is 0 Å². The topological polar surface area (TPSA) is 12.0 Å². The van der Waals surface area contributed by atoms with E-state index in [1.54, 1.807) is 0 Å². The van der Waals surface area contributed by atoms with Crippen LogP contribution in [-0.4, -0.2) is 29.1 Å². The summed E-state index contributed by atoms with van der Waals surface area (Å²) < 4.78 is 0. The Morgan fingerprint density at radius 2 is 2.06 bits per heavy atom. The van der Waals surface area contributed by atoms with Crippen molar-refractivity contribution < 1.29 is 0 Å². The molecule has 18 heavy (non-hydrogen) atoms. The number of thioether (sulfide) groups is 2. The summed E-state index contributed by atoms with van der Waals surface area (Å²) in [6.45, 7) is 4.38. The summed E-state index contributed by atoms with van der Waals surface area (Å²) in [5, 5.41) is 5.64. The van der Waals surface area contributed by atoms with Gasteiger partial charge in [0.2, 0.25) is 0 Å². The van der Waals surface area contributed by atoms with Gasteiger partial charge in [0, 0.05) is 33.1 Å². The van der Waals surface area contributed by atoms with Gasteiger partial charge in [0.25, 0.3) is 0 Å². The van der Waals surface area contributed by atoms with E-state index in [-0.39, 0.29) is 0 Å². The summed E-state index contributed by atoms with van der Waals surface area (Å²) in [4.78, 5) is 0. The normalized spacial score (nSPS) is 26.0. The minimum atomic E-state index is 0.385. The average molecular weight is 302 g/mol. The molecule has 0 aliphatic carbocycles. The maximum Gasteiger partial charge on any atom is 0.0449 e. The van der Waals surface area contributed by atoms with Crippen LogP contribution in [0.3, 0.4) is 0 Å². The Bertz CT molecular complexity index is 411. The SMILES string of the molecule is CNC(c1ccc(C)c(Cl)c1)C1SCCSC1C. The van der Waals surface area contributed by atoms with Crippen molar-refractivity contribution in [3.8, 4) is 0 Å². The number of aryl methyl sites for hydroxylation is 1. The molecule has 3 atom stereocenters. The van der Waals surface area contributed by atoms with Crippen LogP contribution in [0.2, 0.25) is 5.02 Å². The lowest BCUT2D eigenvalue weighted by atomic mass is 10.0. The predicted octanol–water partition coefficient (Wildman–Crippen LogP) is 4.15. The van der Waals surface area contributed by atoms with Crippen LogP contribution in [0.1, 0.15) is 24.1 Å². The van der Waals surface area contributed by atoms with E-state index in [4.69, 9.17) is 11.6 Å². The first-order valence-corrected chi connectivity index (χ1v) is 8.77. The molecule has 0 aromatic heterocycles. The summed E-state index contributed by atoms with van der Waals surface area (Å²) in [6, 6.07) is 6.82. The summed E-state index contributed by atoms with van der Waals surface area (Å²) in [5.41, 5.74) is 2.45. The van der Waals surface area contributed by atoms with E-state index < -0.39 is 0 Å². The second-order valence-electron chi connectivity index (χ2n) is 4.69. The highest BCUT2D eigenvalue weighted by Gasteiger charge is 2.30. The lowest BCUT2D eigenvalue weighted by Crippen LogP contribution is -2.36. The minimum Gasteiger partial charge on any atom is -0.312 e. The summed E-state index contributed by atoms with van der Waals surface area (Å²) in [7, 11) is 2.05. The van der Waals surface area contributed by atoms with Crippen LogP contribution >= 0.6 is 35.1 Å². The van der Waals surface area contributed by atoms with E-state index in [1.807, 2.05) is 14.0 Å². The maximum absolute atomic E-state index is 6.25. The first-order chi connectivity index (χ1) is 8.63. The summed E-state index contributed by atoms with van der Waals surface area (Å²) in [6.07, 6.45) is 0. The fraction of sp³-hybridized carbons (Fsp3) is 0.571. The van der Waals surface area contributed by atoms with Gasteiger partial charge in [0.05, 0.1) is 0 Å². The zero-order valence-electron chi connectivity index (χ0n) is 11.1. The lowest BCUT2D eigenvalue weighted by Gasteiger charge is -2.34. The van der Waals surface area contributed by atoms with Crippen LogP contribution in [0.25, 0.3) is 0 Å². The van der Waals surface area contributed by atoms with Gasteiger partial charge in [-0.25, -0.2) is 0 Å². The molecule has 1 aromatic rings. The highest BCUT2D eigenvalue weighted by Crippen LogP contribution is 2.39. The molecule has 1 aliphatic rings. The largest absolute Gasteiger partial charge is 0.312 e. The summed E-state index contributed by atoms with van der Waals surface area (Å²) >= 11 is 10.4. The maximum atomic E-state index is 6.25. The zero-order chi connectivity index (χ0) is 13.1. The minimum absolute atomic E-state index is 0.385. The van der Waals surface area contributed by atoms with Gasteiger partial charge in [0.15, 0.2) is 0 Å². The van der Waals surface area contributed by atoms with Crippen LogP contribution < -0.4 is 5.32 Å². The van der Waals surface area contributed by atoms with Crippen molar-refractivity contribution in [2.45, 2.75) is 30.4 Å². The molecule has 1 nitrogen and oxygen atoms in total. The molecule has 1 saturated heterocycles. The van der Waals surface area contributed by atoms with Gasteiger partial charge in [-0.3, -0.25) is 0 Å². The first kappa shape index (κ1) is 14.6. The number of rotatable bonds is 3. The first-order valence-electron chi connectivity index (χ1n) is 6.30. The molecule has 2 rings (SSSR count). The van der Waals surface area contributed by atoms with Crippen LogP contribution in [0.15, 0.2) is 18.2 Å². The van der Waals surface area contributed by atoms with E-state index in [2.05, 4.69) is 54.0 Å². The molecule has 0 saturated carbocycles. The number of halogens is 1. The zero-order valence-corrected chi connectivity index (χ0v) is 13.5. The predicted molar refractivity (Wildman–Crippen MR) is 86.2 cm³/mol. The second kappa shape index (κ2) is 6.56. The molecule has 4 heteroatoms. The Morgan fingerprint density at radius 3 is 2.67 bits per heavy atom. The van der Waals surface area contributed by atoms with Crippen LogP contribution in [0.4, 0.5) is 0 Å². The smallest absolute Gasteiger partial charge is 0.0449 e. The molecule has 1 fully saturated rings. The molecule has 0 spiro atoms. The van der Waals surface area contributed by atoms with Crippen molar-refractivity contribution in [2.24, 2.45) is 0 Å². The lowest BCUT2D eigenvalue weighted by molar-refractivity contribution is 0.560. The van der Waals surface area contributed by atoms with Crippen molar-refractivity contribution in [1.29, 1.82) is 0 Å². The van der Waals surface area contributed by atoms with Gasteiger partial charge in [-0.15, -0.1) is 0 Å². The highest BCUT2D eigenvalue weighted by atomic mass is 35.5. The van der Waals surface area contributed by atoms with E-state index in [0.29, 0.717) is 16.5 Å². The quantitative estimate of drug-likeness (QED) is 0.901. The highest BCUT2D eigenvalue weighted by molar-refractivity contribution is 8.07. The molecule has 1 heterocycles. The number of benzene rings is 1.